The molecule has 1 aromatic heterocycles. The van der Waals surface area contributed by atoms with E-state index in [1.807, 2.05) is 0 Å². The number of benzene rings is 1. The second-order valence-electron chi connectivity index (χ2n) is 7.85. The summed E-state index contributed by atoms with van der Waals surface area (Å²) in [6.07, 6.45) is 1.29. The van der Waals surface area contributed by atoms with Crippen molar-refractivity contribution in [1.82, 2.24) is 15.2 Å². The first-order chi connectivity index (χ1) is 15.7. The van der Waals surface area contributed by atoms with Gasteiger partial charge in [0.2, 0.25) is 0 Å². The van der Waals surface area contributed by atoms with Gasteiger partial charge in [-0.25, -0.2) is 27.3 Å². The molecule has 0 saturated carbocycles. The lowest BCUT2D eigenvalue weighted by molar-refractivity contribution is -0.139. The average molecular weight is 483 g/mol. The largest absolute Gasteiger partial charge is 0.463 e. The molecular formula is C22H22F4N4O2S. The van der Waals surface area contributed by atoms with Gasteiger partial charge in [0.1, 0.15) is 6.04 Å². The topological polar surface area (TPSA) is 66.8 Å². The fourth-order valence-corrected chi connectivity index (χ4v) is 4.56. The lowest BCUT2D eigenvalue weighted by Crippen LogP contribution is -2.39. The van der Waals surface area contributed by atoms with Crippen LogP contribution in [-0.4, -0.2) is 53.9 Å². The number of aliphatic imine (C=N–C) groups is 1. The lowest BCUT2D eigenvalue weighted by atomic mass is 9.92. The van der Waals surface area contributed by atoms with Gasteiger partial charge in [-0.05, 0) is 31.0 Å². The molecule has 0 spiro atoms. The van der Waals surface area contributed by atoms with Gasteiger partial charge in [-0.15, -0.1) is 11.3 Å². The van der Waals surface area contributed by atoms with Crippen LogP contribution in [0.15, 0.2) is 40.0 Å². The fraction of sp³-hybridized carbons (Fsp3) is 0.409. The Bertz CT molecular complexity index is 1120. The predicted molar refractivity (Wildman–Crippen MR) is 115 cm³/mol. The molecule has 0 bridgehead atoms. The number of rotatable bonds is 6. The molecular weight excluding hydrogens is 460 g/mol. The lowest BCUT2D eigenvalue weighted by Gasteiger charge is -2.30. The Morgan fingerprint density at radius 1 is 1.36 bits per heavy atom. The van der Waals surface area contributed by atoms with Gasteiger partial charge in [0, 0.05) is 36.8 Å². The van der Waals surface area contributed by atoms with Gasteiger partial charge in [0.15, 0.2) is 22.5 Å². The molecule has 1 saturated heterocycles. The molecule has 0 radical (unpaired) electrons. The number of ether oxygens (including phenoxy) is 1. The van der Waals surface area contributed by atoms with Crippen LogP contribution < -0.4 is 5.32 Å². The highest BCUT2D eigenvalue weighted by atomic mass is 32.1. The second kappa shape index (κ2) is 9.22. The maximum absolute atomic E-state index is 14.4. The number of nitrogens with one attached hydrogen (secondary N) is 1. The zero-order chi connectivity index (χ0) is 23.8. The zero-order valence-electron chi connectivity index (χ0n) is 18.0. The Morgan fingerprint density at radius 2 is 2.15 bits per heavy atom. The van der Waals surface area contributed by atoms with Crippen LogP contribution in [0, 0.1) is 18.6 Å². The SMILES string of the molecule is CCOC(=O)C1=C(CN2CCC(F)(F)C2)NC(c2nccs2)=NC1c1ccc(F)c(F)c1C. The van der Waals surface area contributed by atoms with Crippen molar-refractivity contribution in [3.63, 3.8) is 0 Å². The number of carbonyl (C=O) groups is 1. The minimum Gasteiger partial charge on any atom is -0.463 e. The van der Waals surface area contributed by atoms with Crippen LogP contribution in [0.3, 0.4) is 0 Å². The van der Waals surface area contributed by atoms with Crippen molar-refractivity contribution in [2.75, 3.05) is 26.2 Å². The van der Waals surface area contributed by atoms with Crippen molar-refractivity contribution >= 4 is 23.1 Å². The smallest absolute Gasteiger partial charge is 0.338 e. The highest BCUT2D eigenvalue weighted by molar-refractivity contribution is 7.11. The number of halogens is 4. The first-order valence-electron chi connectivity index (χ1n) is 10.4. The number of nitrogens with zero attached hydrogens (tertiary/aromatic N) is 3. The summed E-state index contributed by atoms with van der Waals surface area (Å²) in [5.41, 5.74) is 0.664. The number of hydrogen-bond donors (Lipinski definition) is 1. The molecule has 2 aliphatic heterocycles. The Morgan fingerprint density at radius 3 is 2.79 bits per heavy atom. The normalized spacial score (nSPS) is 20.5. The van der Waals surface area contributed by atoms with Crippen molar-refractivity contribution in [2.24, 2.45) is 4.99 Å². The Hall–Kier alpha value is -2.79. The molecule has 1 atom stereocenters. The summed E-state index contributed by atoms with van der Waals surface area (Å²) >= 11 is 1.29. The van der Waals surface area contributed by atoms with E-state index in [-0.39, 0.29) is 42.8 Å². The van der Waals surface area contributed by atoms with E-state index in [2.05, 4.69) is 15.3 Å². The van der Waals surface area contributed by atoms with Crippen molar-refractivity contribution in [3.05, 3.63) is 62.7 Å². The zero-order valence-corrected chi connectivity index (χ0v) is 18.8. The third-order valence-corrected chi connectivity index (χ3v) is 6.34. The number of alkyl halides is 2. The van der Waals surface area contributed by atoms with Crippen LogP contribution in [0.1, 0.15) is 35.5 Å². The number of esters is 1. The third kappa shape index (κ3) is 4.79. The van der Waals surface area contributed by atoms with Gasteiger partial charge >= 0.3 is 5.97 Å². The van der Waals surface area contributed by atoms with Crippen LogP contribution in [-0.2, 0) is 9.53 Å². The minimum absolute atomic E-state index is 0.00186. The number of likely N-dealkylation sites (tertiary alicyclic amines) is 1. The highest BCUT2D eigenvalue weighted by Crippen LogP contribution is 2.36. The van der Waals surface area contributed by atoms with E-state index in [0.717, 1.165) is 6.07 Å². The number of thiazole rings is 1. The van der Waals surface area contributed by atoms with Crippen LogP contribution in [0.25, 0.3) is 0 Å². The van der Waals surface area contributed by atoms with Crippen LogP contribution in [0.2, 0.25) is 0 Å². The summed E-state index contributed by atoms with van der Waals surface area (Å²) in [7, 11) is 0. The van der Waals surface area contributed by atoms with Crippen molar-refractivity contribution in [1.29, 1.82) is 0 Å². The molecule has 3 heterocycles. The van der Waals surface area contributed by atoms with E-state index < -0.39 is 36.1 Å². The van der Waals surface area contributed by atoms with E-state index in [1.54, 1.807) is 18.5 Å². The summed E-state index contributed by atoms with van der Waals surface area (Å²) < 4.78 is 61.1. The van der Waals surface area contributed by atoms with E-state index in [0.29, 0.717) is 16.5 Å². The second-order valence-corrected chi connectivity index (χ2v) is 8.74. The Labute approximate surface area is 192 Å². The summed E-state index contributed by atoms with van der Waals surface area (Å²) in [4.78, 5) is 23.4. The molecule has 0 aliphatic carbocycles. The third-order valence-electron chi connectivity index (χ3n) is 5.56. The van der Waals surface area contributed by atoms with Crippen LogP contribution >= 0.6 is 11.3 Å². The molecule has 1 unspecified atom stereocenters. The van der Waals surface area contributed by atoms with Crippen molar-refractivity contribution in [3.8, 4) is 0 Å². The first kappa shape index (κ1) is 23.4. The summed E-state index contributed by atoms with van der Waals surface area (Å²) in [5, 5.41) is 5.31. The maximum Gasteiger partial charge on any atom is 0.338 e. The molecule has 176 valence electrons. The first-order valence-corrected chi connectivity index (χ1v) is 11.3. The monoisotopic (exact) mass is 482 g/mol. The van der Waals surface area contributed by atoms with Crippen molar-refractivity contribution < 1.29 is 27.1 Å². The Kier molecular flexibility index (Phi) is 6.53. The Balaban J connectivity index is 1.84. The molecule has 4 rings (SSSR count). The van der Waals surface area contributed by atoms with Gasteiger partial charge in [0.25, 0.3) is 5.92 Å². The van der Waals surface area contributed by atoms with E-state index in [9.17, 15) is 22.4 Å². The van der Waals surface area contributed by atoms with E-state index in [4.69, 9.17) is 4.74 Å². The molecule has 0 amide bonds. The quantitative estimate of drug-likeness (QED) is 0.499. The van der Waals surface area contributed by atoms with E-state index >= 15 is 0 Å². The van der Waals surface area contributed by atoms with Gasteiger partial charge in [-0.3, -0.25) is 9.89 Å². The number of hydrogen-bond acceptors (Lipinski definition) is 7. The van der Waals surface area contributed by atoms with Crippen molar-refractivity contribution in [2.45, 2.75) is 32.2 Å². The molecule has 1 aromatic carbocycles. The molecule has 11 heteroatoms. The molecule has 1 N–H and O–H groups in total. The fourth-order valence-electron chi connectivity index (χ4n) is 3.97. The number of carbonyl (C=O) groups excluding carboxylic acids is 1. The summed E-state index contributed by atoms with van der Waals surface area (Å²) in [6, 6.07) is 1.31. The van der Waals surface area contributed by atoms with Gasteiger partial charge < -0.3 is 10.1 Å². The summed E-state index contributed by atoms with van der Waals surface area (Å²) in [6.45, 7) is 2.81. The van der Waals surface area contributed by atoms with Gasteiger partial charge in [0.05, 0.1) is 18.7 Å². The maximum atomic E-state index is 14.4. The summed E-state index contributed by atoms with van der Waals surface area (Å²) in [5.74, 6) is -5.27. The molecule has 6 nitrogen and oxygen atoms in total. The molecule has 33 heavy (non-hydrogen) atoms. The number of aromatic nitrogens is 1. The van der Waals surface area contributed by atoms with Gasteiger partial charge in [-0.2, -0.15) is 0 Å². The average Bonchev–Trinajstić information content (AvgIpc) is 3.41. The molecule has 2 aromatic rings. The van der Waals surface area contributed by atoms with E-state index in [1.165, 1.54) is 29.2 Å². The molecule has 2 aliphatic rings. The van der Waals surface area contributed by atoms with Crippen LogP contribution in [0.4, 0.5) is 17.6 Å². The number of amidine groups is 1. The van der Waals surface area contributed by atoms with Gasteiger partial charge in [-0.1, -0.05) is 6.07 Å². The molecule has 1 fully saturated rings. The highest BCUT2D eigenvalue weighted by Gasteiger charge is 2.40. The minimum atomic E-state index is -2.82. The predicted octanol–water partition coefficient (Wildman–Crippen LogP) is 3.98. The van der Waals surface area contributed by atoms with Crippen LogP contribution in [0.5, 0.6) is 0 Å². The standard InChI is InChI=1S/C22H22F4N4O2S/c1-3-32-21(31)16-15(10-30-8-6-22(25,26)11-30)28-19(20-27-7-9-33-20)29-18(16)13-4-5-14(23)17(24)12(13)2/h4-5,7,9,18H,3,6,8,10-11H2,1-2H3,(H,28,29).